The molecule has 2 rings (SSSR count). The average molecular weight is 333 g/mol. The Morgan fingerprint density at radius 1 is 1.00 bits per heavy atom. The second-order valence-electron chi connectivity index (χ2n) is 4.48. The third kappa shape index (κ3) is 3.64. The highest BCUT2D eigenvalue weighted by atomic mass is 35.5. The molecule has 20 heavy (non-hydrogen) atoms. The average Bonchev–Trinajstić information content (AvgIpc) is 2.43. The summed E-state index contributed by atoms with van der Waals surface area (Å²) in [7, 11) is 0. The Labute approximate surface area is 132 Å². The largest absolute Gasteiger partial charge is 0.306 e. The van der Waals surface area contributed by atoms with Crippen LogP contribution in [0.1, 0.15) is 24.1 Å². The van der Waals surface area contributed by atoms with E-state index in [1.54, 1.807) is 24.3 Å². The zero-order valence-corrected chi connectivity index (χ0v) is 13.0. The Bertz CT molecular complexity index is 599. The minimum atomic E-state index is -0.248. The van der Waals surface area contributed by atoms with Gasteiger partial charge in [-0.25, -0.2) is 4.39 Å². The number of benzene rings is 2. The van der Waals surface area contributed by atoms with Gasteiger partial charge in [0.05, 0.1) is 10.0 Å². The van der Waals surface area contributed by atoms with Crippen molar-refractivity contribution in [3.05, 3.63) is 68.4 Å². The van der Waals surface area contributed by atoms with Crippen LogP contribution in [0, 0.1) is 5.82 Å². The van der Waals surface area contributed by atoms with Crippen LogP contribution in [0.5, 0.6) is 0 Å². The molecule has 106 valence electrons. The van der Waals surface area contributed by atoms with Crippen molar-refractivity contribution in [3.8, 4) is 0 Å². The smallest absolute Gasteiger partial charge is 0.123 e. The van der Waals surface area contributed by atoms with Crippen molar-refractivity contribution in [2.75, 3.05) is 0 Å². The van der Waals surface area contributed by atoms with Crippen LogP contribution in [0.15, 0.2) is 36.4 Å². The predicted molar refractivity (Wildman–Crippen MR) is 83.1 cm³/mol. The Balaban J connectivity index is 2.09. The van der Waals surface area contributed by atoms with E-state index >= 15 is 0 Å². The number of nitrogens with one attached hydrogen (secondary N) is 1. The molecule has 0 saturated carbocycles. The molecule has 0 heterocycles. The topological polar surface area (TPSA) is 12.0 Å². The first-order valence-electron chi connectivity index (χ1n) is 6.10. The molecule has 5 heteroatoms. The highest BCUT2D eigenvalue weighted by Crippen LogP contribution is 2.31. The van der Waals surface area contributed by atoms with Crippen molar-refractivity contribution in [3.63, 3.8) is 0 Å². The first-order valence-corrected chi connectivity index (χ1v) is 7.23. The Hall–Kier alpha value is -0.800. The summed E-state index contributed by atoms with van der Waals surface area (Å²) in [6, 6.07) is 9.79. The van der Waals surface area contributed by atoms with Gasteiger partial charge in [0.2, 0.25) is 0 Å². The van der Waals surface area contributed by atoms with E-state index in [-0.39, 0.29) is 11.9 Å². The molecule has 0 aliphatic rings. The molecule has 1 unspecified atom stereocenters. The van der Waals surface area contributed by atoms with Gasteiger partial charge in [-0.2, -0.15) is 0 Å². The maximum Gasteiger partial charge on any atom is 0.123 e. The SMILES string of the molecule is CC(NCc1c(Cl)ccc(Cl)c1Cl)c1ccc(F)cc1. The van der Waals surface area contributed by atoms with E-state index in [1.807, 2.05) is 6.92 Å². The van der Waals surface area contributed by atoms with Crippen LogP contribution in [0.25, 0.3) is 0 Å². The monoisotopic (exact) mass is 331 g/mol. The summed E-state index contributed by atoms with van der Waals surface area (Å²) in [6.07, 6.45) is 0. The van der Waals surface area contributed by atoms with Crippen LogP contribution in [-0.4, -0.2) is 0 Å². The van der Waals surface area contributed by atoms with Gasteiger partial charge in [-0.15, -0.1) is 0 Å². The van der Waals surface area contributed by atoms with E-state index < -0.39 is 0 Å². The molecular weight excluding hydrogens is 320 g/mol. The molecule has 0 aliphatic heterocycles. The fraction of sp³-hybridized carbons (Fsp3) is 0.200. The molecule has 0 bridgehead atoms. The van der Waals surface area contributed by atoms with Gasteiger partial charge in [0.1, 0.15) is 5.82 Å². The zero-order valence-electron chi connectivity index (χ0n) is 10.8. The lowest BCUT2D eigenvalue weighted by molar-refractivity contribution is 0.571. The van der Waals surface area contributed by atoms with Gasteiger partial charge in [-0.1, -0.05) is 46.9 Å². The van der Waals surface area contributed by atoms with Gasteiger partial charge in [0.15, 0.2) is 0 Å². The van der Waals surface area contributed by atoms with Crippen LogP contribution in [-0.2, 0) is 6.54 Å². The summed E-state index contributed by atoms with van der Waals surface area (Å²) in [5, 5.41) is 4.79. The van der Waals surface area contributed by atoms with Crippen molar-refractivity contribution >= 4 is 34.8 Å². The van der Waals surface area contributed by atoms with Gasteiger partial charge in [0.25, 0.3) is 0 Å². The predicted octanol–water partition coefficient (Wildman–Crippen LogP) is 5.64. The zero-order chi connectivity index (χ0) is 14.7. The number of hydrogen-bond acceptors (Lipinski definition) is 1. The molecule has 0 spiro atoms. The summed E-state index contributed by atoms with van der Waals surface area (Å²) in [4.78, 5) is 0. The molecule has 2 aromatic carbocycles. The van der Waals surface area contributed by atoms with Gasteiger partial charge < -0.3 is 5.32 Å². The summed E-state index contributed by atoms with van der Waals surface area (Å²) in [5.41, 5.74) is 1.75. The lowest BCUT2D eigenvalue weighted by Gasteiger charge is -2.16. The van der Waals surface area contributed by atoms with Crippen LogP contribution >= 0.6 is 34.8 Å². The quantitative estimate of drug-likeness (QED) is 0.715. The Morgan fingerprint density at radius 3 is 2.25 bits per heavy atom. The van der Waals surface area contributed by atoms with Crippen molar-refractivity contribution in [1.82, 2.24) is 5.32 Å². The molecule has 0 aromatic heterocycles. The number of hydrogen-bond donors (Lipinski definition) is 1. The molecule has 2 aromatic rings. The molecule has 0 saturated heterocycles. The summed E-state index contributed by atoms with van der Waals surface area (Å²) in [5.74, 6) is -0.248. The molecule has 1 atom stereocenters. The van der Waals surface area contributed by atoms with Crippen LogP contribution in [0.2, 0.25) is 15.1 Å². The minimum Gasteiger partial charge on any atom is -0.306 e. The van der Waals surface area contributed by atoms with Crippen molar-refractivity contribution in [2.24, 2.45) is 0 Å². The van der Waals surface area contributed by atoms with Gasteiger partial charge in [0, 0.05) is 23.2 Å². The Kier molecular flexibility index (Phi) is 5.28. The van der Waals surface area contributed by atoms with Crippen molar-refractivity contribution in [1.29, 1.82) is 0 Å². The van der Waals surface area contributed by atoms with Crippen LogP contribution in [0.3, 0.4) is 0 Å². The van der Waals surface area contributed by atoms with E-state index in [2.05, 4.69) is 5.32 Å². The van der Waals surface area contributed by atoms with Gasteiger partial charge >= 0.3 is 0 Å². The fourth-order valence-electron chi connectivity index (χ4n) is 1.86. The van der Waals surface area contributed by atoms with Crippen LogP contribution < -0.4 is 5.32 Å². The Morgan fingerprint density at radius 2 is 1.60 bits per heavy atom. The van der Waals surface area contributed by atoms with Gasteiger partial charge in [-0.3, -0.25) is 0 Å². The fourth-order valence-corrected chi connectivity index (χ4v) is 2.54. The molecule has 1 nitrogen and oxygen atoms in total. The van der Waals surface area contributed by atoms with Gasteiger partial charge in [-0.05, 0) is 36.8 Å². The first kappa shape index (κ1) is 15.6. The standard InChI is InChI=1S/C15H13Cl3FN/c1-9(10-2-4-11(19)5-3-10)20-8-12-13(16)6-7-14(17)15(12)18/h2-7,9,20H,8H2,1H3. The van der Waals surface area contributed by atoms with E-state index in [4.69, 9.17) is 34.8 Å². The number of rotatable bonds is 4. The molecule has 0 amide bonds. The van der Waals surface area contributed by atoms with Crippen LogP contribution in [0.4, 0.5) is 4.39 Å². The molecule has 0 radical (unpaired) electrons. The van der Waals surface area contributed by atoms with Crippen molar-refractivity contribution in [2.45, 2.75) is 19.5 Å². The molecule has 0 fully saturated rings. The van der Waals surface area contributed by atoms with E-state index in [0.29, 0.717) is 21.6 Å². The first-order chi connectivity index (χ1) is 9.49. The second-order valence-corrected chi connectivity index (χ2v) is 5.67. The molecule has 0 aliphatic carbocycles. The maximum atomic E-state index is 12.9. The lowest BCUT2D eigenvalue weighted by atomic mass is 10.1. The maximum absolute atomic E-state index is 12.9. The van der Waals surface area contributed by atoms with Crippen molar-refractivity contribution < 1.29 is 4.39 Å². The number of halogens is 4. The second kappa shape index (κ2) is 6.77. The summed E-state index contributed by atoms with van der Waals surface area (Å²) >= 11 is 18.2. The minimum absolute atomic E-state index is 0.0433. The third-order valence-corrected chi connectivity index (χ3v) is 4.29. The molecule has 1 N–H and O–H groups in total. The highest BCUT2D eigenvalue weighted by Gasteiger charge is 2.11. The van der Waals surface area contributed by atoms with E-state index in [1.165, 1.54) is 12.1 Å². The molecular formula is C15H13Cl3FN. The van der Waals surface area contributed by atoms with E-state index in [0.717, 1.165) is 11.1 Å². The summed E-state index contributed by atoms with van der Waals surface area (Å²) < 4.78 is 12.9. The normalized spacial score (nSPS) is 12.4. The highest BCUT2D eigenvalue weighted by molar-refractivity contribution is 6.44. The summed E-state index contributed by atoms with van der Waals surface area (Å²) in [6.45, 7) is 2.47. The lowest BCUT2D eigenvalue weighted by Crippen LogP contribution is -2.18. The third-order valence-electron chi connectivity index (χ3n) is 3.09. The van der Waals surface area contributed by atoms with E-state index in [9.17, 15) is 4.39 Å².